The summed E-state index contributed by atoms with van der Waals surface area (Å²) in [4.78, 5) is 29.4. The highest BCUT2D eigenvalue weighted by Gasteiger charge is 2.35. The molecule has 0 aliphatic carbocycles. The van der Waals surface area contributed by atoms with Gasteiger partial charge in [0.1, 0.15) is 18.3 Å². The first kappa shape index (κ1) is 33.5. The first-order valence-corrected chi connectivity index (χ1v) is 16.0. The van der Waals surface area contributed by atoms with Crippen LogP contribution < -0.4 is 14.4 Å². The molecule has 0 spiro atoms. The van der Waals surface area contributed by atoms with E-state index in [1.165, 1.54) is 24.1 Å². The number of carbonyl (C=O) groups is 2. The topological polar surface area (TPSA) is 96.0 Å². The third-order valence-electron chi connectivity index (χ3n) is 6.21. The molecule has 0 aromatic heterocycles. The largest absolute Gasteiger partial charge is 0.495 e. The van der Waals surface area contributed by atoms with Crippen LogP contribution in [-0.4, -0.2) is 56.6 Å². The molecular weight excluding hydrogens is 621 g/mol. The highest BCUT2D eigenvalue weighted by Crippen LogP contribution is 2.33. The van der Waals surface area contributed by atoms with Crippen LogP contribution in [-0.2, 0) is 32.6 Å². The van der Waals surface area contributed by atoms with Crippen molar-refractivity contribution in [3.8, 4) is 5.75 Å². The van der Waals surface area contributed by atoms with Gasteiger partial charge in [-0.05, 0) is 62.2 Å². The van der Waals surface area contributed by atoms with Crippen LogP contribution in [0.5, 0.6) is 5.75 Å². The summed E-state index contributed by atoms with van der Waals surface area (Å²) < 4.78 is 32.4. The van der Waals surface area contributed by atoms with Gasteiger partial charge in [-0.25, -0.2) is 8.42 Å². The third-order valence-corrected chi connectivity index (χ3v) is 8.16. The number of methoxy groups -OCH3 is 1. The van der Waals surface area contributed by atoms with Crippen molar-refractivity contribution in [1.29, 1.82) is 0 Å². The van der Waals surface area contributed by atoms with E-state index in [-0.39, 0.29) is 29.4 Å². The highest BCUT2D eigenvalue weighted by atomic mass is 35.5. The molecule has 0 saturated carbocycles. The van der Waals surface area contributed by atoms with Crippen molar-refractivity contribution in [2.75, 3.05) is 24.2 Å². The van der Waals surface area contributed by atoms with E-state index in [1.807, 2.05) is 51.1 Å². The smallest absolute Gasteiger partial charge is 0.244 e. The van der Waals surface area contributed by atoms with Crippen molar-refractivity contribution < 1.29 is 22.7 Å². The van der Waals surface area contributed by atoms with Crippen LogP contribution in [0.4, 0.5) is 5.69 Å². The van der Waals surface area contributed by atoms with Crippen molar-refractivity contribution in [3.05, 3.63) is 92.9 Å². The number of benzene rings is 3. The van der Waals surface area contributed by atoms with E-state index in [9.17, 15) is 18.0 Å². The van der Waals surface area contributed by atoms with E-state index in [4.69, 9.17) is 39.5 Å². The molecule has 0 unspecified atom stereocenters. The van der Waals surface area contributed by atoms with Crippen LogP contribution in [0, 0.1) is 0 Å². The number of halogens is 3. The van der Waals surface area contributed by atoms with Gasteiger partial charge in [-0.1, -0.05) is 71.2 Å². The molecule has 3 rings (SSSR count). The Morgan fingerprint density at radius 2 is 1.57 bits per heavy atom. The highest BCUT2D eigenvalue weighted by molar-refractivity contribution is 7.92. The standard InChI is InChI=1S/C30H34Cl3N3O5S/c1-30(2,3)34-29(38)26(15-20-9-7-6-8-10-20)35(18-21-11-12-22(31)16-24(21)33)28(37)19-36(42(5,39)40)25-17-23(32)13-14-27(25)41-4/h6-14,16-17,26H,15,18-19H2,1-5H3,(H,34,38)/t26-/m1/s1. The van der Waals surface area contributed by atoms with Gasteiger partial charge in [-0.15, -0.1) is 0 Å². The monoisotopic (exact) mass is 653 g/mol. The zero-order valence-corrected chi connectivity index (χ0v) is 27.1. The summed E-state index contributed by atoms with van der Waals surface area (Å²) >= 11 is 18.8. The molecule has 1 N–H and O–H groups in total. The van der Waals surface area contributed by atoms with E-state index >= 15 is 0 Å². The lowest BCUT2D eigenvalue weighted by atomic mass is 10.0. The lowest BCUT2D eigenvalue weighted by Gasteiger charge is -2.35. The normalized spacial score (nSPS) is 12.4. The SMILES string of the molecule is COc1ccc(Cl)cc1N(CC(=O)N(Cc1ccc(Cl)cc1Cl)[C@H](Cc1ccccc1)C(=O)NC(C)(C)C)S(C)(=O)=O. The Kier molecular flexibility index (Phi) is 11.2. The summed E-state index contributed by atoms with van der Waals surface area (Å²) in [6, 6.07) is 17.5. The number of carbonyl (C=O) groups excluding carboxylic acids is 2. The Bertz CT molecular complexity index is 1530. The molecule has 0 aliphatic heterocycles. The molecule has 0 saturated heterocycles. The third kappa shape index (κ3) is 9.26. The lowest BCUT2D eigenvalue weighted by Crippen LogP contribution is -2.56. The van der Waals surface area contributed by atoms with Gasteiger partial charge in [0.2, 0.25) is 21.8 Å². The minimum atomic E-state index is -4.01. The maximum Gasteiger partial charge on any atom is 0.244 e. The molecule has 0 bridgehead atoms. The number of amides is 2. The summed E-state index contributed by atoms with van der Waals surface area (Å²) in [5.74, 6) is -0.842. The molecule has 12 heteroatoms. The Balaban J connectivity index is 2.15. The van der Waals surface area contributed by atoms with Crippen molar-refractivity contribution in [1.82, 2.24) is 10.2 Å². The molecule has 8 nitrogen and oxygen atoms in total. The van der Waals surface area contributed by atoms with E-state index in [1.54, 1.807) is 24.3 Å². The van der Waals surface area contributed by atoms with Gasteiger partial charge < -0.3 is 15.0 Å². The first-order chi connectivity index (χ1) is 19.6. The molecule has 3 aromatic carbocycles. The second kappa shape index (κ2) is 14.0. The van der Waals surface area contributed by atoms with Crippen molar-refractivity contribution in [2.45, 2.75) is 45.3 Å². The molecule has 226 valence electrons. The van der Waals surface area contributed by atoms with Gasteiger partial charge in [0.25, 0.3) is 0 Å². The molecule has 1 atom stereocenters. The van der Waals surface area contributed by atoms with Gasteiger partial charge in [0, 0.05) is 33.6 Å². The molecular formula is C30H34Cl3N3O5S. The summed E-state index contributed by atoms with van der Waals surface area (Å²) in [5, 5.41) is 3.93. The van der Waals surface area contributed by atoms with E-state index in [0.717, 1.165) is 16.1 Å². The fourth-order valence-corrected chi connectivity index (χ4v) is 5.77. The number of anilines is 1. The van der Waals surface area contributed by atoms with Gasteiger partial charge in [-0.2, -0.15) is 0 Å². The molecule has 3 aromatic rings. The minimum absolute atomic E-state index is 0.0871. The number of nitrogens with zero attached hydrogens (tertiary/aromatic N) is 2. The van der Waals surface area contributed by atoms with Gasteiger partial charge in [0.05, 0.1) is 19.1 Å². The summed E-state index contributed by atoms with van der Waals surface area (Å²) in [6.07, 6.45) is 1.15. The average Bonchev–Trinajstić information content (AvgIpc) is 2.89. The minimum Gasteiger partial charge on any atom is -0.495 e. The van der Waals surface area contributed by atoms with E-state index < -0.39 is 40.0 Å². The molecule has 0 radical (unpaired) electrons. The Morgan fingerprint density at radius 3 is 2.14 bits per heavy atom. The summed E-state index contributed by atoms with van der Waals surface area (Å²) in [6.45, 7) is 4.79. The Labute approximate surface area is 262 Å². The molecule has 2 amide bonds. The number of sulfonamides is 1. The molecule has 42 heavy (non-hydrogen) atoms. The lowest BCUT2D eigenvalue weighted by molar-refractivity contribution is -0.140. The summed E-state index contributed by atoms with van der Waals surface area (Å²) in [5.41, 5.74) is 0.820. The van der Waals surface area contributed by atoms with Gasteiger partial charge in [0.15, 0.2) is 0 Å². The fourth-order valence-electron chi connectivity index (χ4n) is 4.29. The van der Waals surface area contributed by atoms with Crippen molar-refractivity contribution >= 4 is 62.3 Å². The summed E-state index contributed by atoms with van der Waals surface area (Å²) in [7, 11) is -2.63. The number of hydrogen-bond acceptors (Lipinski definition) is 5. The number of hydrogen-bond donors (Lipinski definition) is 1. The Morgan fingerprint density at radius 1 is 0.952 bits per heavy atom. The van der Waals surface area contributed by atoms with E-state index in [2.05, 4.69) is 5.32 Å². The maximum atomic E-state index is 14.2. The second-order valence-corrected chi connectivity index (χ2v) is 14.0. The molecule has 0 aliphatic rings. The quantitative estimate of drug-likeness (QED) is 0.275. The van der Waals surface area contributed by atoms with Crippen LogP contribution in [0.25, 0.3) is 0 Å². The number of rotatable bonds is 11. The number of ether oxygens (including phenoxy) is 1. The predicted octanol–water partition coefficient (Wildman–Crippen LogP) is 5.98. The fraction of sp³-hybridized carbons (Fsp3) is 0.333. The zero-order chi connectivity index (χ0) is 31.2. The zero-order valence-electron chi connectivity index (χ0n) is 24.0. The molecule has 0 heterocycles. The predicted molar refractivity (Wildman–Crippen MR) is 169 cm³/mol. The number of nitrogens with one attached hydrogen (secondary N) is 1. The second-order valence-electron chi connectivity index (χ2n) is 10.8. The maximum absolute atomic E-state index is 14.2. The van der Waals surface area contributed by atoms with Crippen molar-refractivity contribution in [3.63, 3.8) is 0 Å². The van der Waals surface area contributed by atoms with Crippen LogP contribution in [0.15, 0.2) is 66.7 Å². The van der Waals surface area contributed by atoms with Crippen LogP contribution in [0.2, 0.25) is 15.1 Å². The van der Waals surface area contributed by atoms with Crippen LogP contribution in [0.1, 0.15) is 31.9 Å². The van der Waals surface area contributed by atoms with Crippen molar-refractivity contribution in [2.24, 2.45) is 0 Å². The Hall–Kier alpha value is -2.98. The van der Waals surface area contributed by atoms with E-state index in [0.29, 0.717) is 15.6 Å². The van der Waals surface area contributed by atoms with Crippen LogP contribution >= 0.6 is 34.8 Å². The average molecular weight is 655 g/mol. The van der Waals surface area contributed by atoms with Gasteiger partial charge >= 0.3 is 0 Å². The van der Waals surface area contributed by atoms with Gasteiger partial charge in [-0.3, -0.25) is 13.9 Å². The molecule has 0 fully saturated rings. The first-order valence-electron chi connectivity index (χ1n) is 13.0. The van der Waals surface area contributed by atoms with Crippen LogP contribution in [0.3, 0.4) is 0 Å².